The molecule has 0 amide bonds. The lowest BCUT2D eigenvalue weighted by molar-refractivity contribution is 0.533. The molecule has 0 saturated heterocycles. The third-order valence-corrected chi connectivity index (χ3v) is 3.85. The molecule has 1 aliphatic rings. The molecule has 1 nitrogen and oxygen atoms in total. The Hall–Kier alpha value is -0.820. The van der Waals surface area contributed by atoms with Crippen molar-refractivity contribution in [1.82, 2.24) is 5.32 Å². The van der Waals surface area contributed by atoms with Crippen LogP contribution in [-0.2, 0) is 0 Å². The maximum Gasteiger partial charge on any atom is 0.0294 e. The average molecular weight is 217 g/mol. The van der Waals surface area contributed by atoms with Gasteiger partial charge in [0.15, 0.2) is 0 Å². The van der Waals surface area contributed by atoms with Crippen molar-refractivity contribution in [1.29, 1.82) is 0 Å². The lowest BCUT2D eigenvalue weighted by Crippen LogP contribution is -2.22. The van der Waals surface area contributed by atoms with E-state index in [9.17, 15) is 0 Å². The average Bonchev–Trinajstić information content (AvgIpc) is 2.91. The number of hydrogen-bond donors (Lipinski definition) is 1. The second kappa shape index (κ2) is 4.58. The van der Waals surface area contributed by atoms with Gasteiger partial charge in [-0.15, -0.1) is 0 Å². The molecule has 1 aromatic carbocycles. The van der Waals surface area contributed by atoms with Gasteiger partial charge in [-0.25, -0.2) is 0 Å². The monoisotopic (exact) mass is 217 g/mol. The molecule has 1 N–H and O–H groups in total. The van der Waals surface area contributed by atoms with Gasteiger partial charge in [0, 0.05) is 6.04 Å². The standard InChI is InChI=1S/C15H23N/c1-10-5-6-15(12(3)7-10)13(4)16-9-14-8-11(14)2/h5-7,11,13-14,16H,8-9H2,1-4H3. The van der Waals surface area contributed by atoms with Crippen molar-refractivity contribution in [2.24, 2.45) is 11.8 Å². The molecular formula is C15H23N. The van der Waals surface area contributed by atoms with Crippen LogP contribution in [0.2, 0.25) is 0 Å². The lowest BCUT2D eigenvalue weighted by atomic mass is 10.0. The summed E-state index contributed by atoms with van der Waals surface area (Å²) in [7, 11) is 0. The van der Waals surface area contributed by atoms with Crippen LogP contribution in [0.25, 0.3) is 0 Å². The molecule has 1 aromatic rings. The van der Waals surface area contributed by atoms with E-state index in [-0.39, 0.29) is 0 Å². The highest BCUT2D eigenvalue weighted by atomic mass is 14.9. The van der Waals surface area contributed by atoms with Crippen molar-refractivity contribution in [2.75, 3.05) is 6.54 Å². The molecule has 1 aliphatic carbocycles. The van der Waals surface area contributed by atoms with Gasteiger partial charge < -0.3 is 5.32 Å². The molecule has 0 aliphatic heterocycles. The van der Waals surface area contributed by atoms with Gasteiger partial charge in [0.1, 0.15) is 0 Å². The molecular weight excluding hydrogens is 194 g/mol. The van der Waals surface area contributed by atoms with E-state index in [1.54, 1.807) is 0 Å². The highest BCUT2D eigenvalue weighted by Gasteiger charge is 2.32. The van der Waals surface area contributed by atoms with Crippen LogP contribution in [0, 0.1) is 25.7 Å². The largest absolute Gasteiger partial charge is 0.310 e. The van der Waals surface area contributed by atoms with Crippen LogP contribution < -0.4 is 5.32 Å². The van der Waals surface area contributed by atoms with E-state index < -0.39 is 0 Å². The summed E-state index contributed by atoms with van der Waals surface area (Å²) in [6, 6.07) is 7.22. The van der Waals surface area contributed by atoms with Crippen LogP contribution in [0.15, 0.2) is 18.2 Å². The van der Waals surface area contributed by atoms with Crippen molar-refractivity contribution in [3.05, 3.63) is 34.9 Å². The third-order valence-electron chi connectivity index (χ3n) is 3.85. The van der Waals surface area contributed by atoms with Crippen LogP contribution in [-0.4, -0.2) is 6.54 Å². The normalized spacial score (nSPS) is 25.5. The highest BCUT2D eigenvalue weighted by Crippen LogP contribution is 2.37. The van der Waals surface area contributed by atoms with Crippen molar-refractivity contribution < 1.29 is 0 Å². The molecule has 88 valence electrons. The van der Waals surface area contributed by atoms with Gasteiger partial charge in [0.05, 0.1) is 0 Å². The van der Waals surface area contributed by atoms with Crippen molar-refractivity contribution in [2.45, 2.75) is 40.2 Å². The van der Waals surface area contributed by atoms with Crippen LogP contribution >= 0.6 is 0 Å². The van der Waals surface area contributed by atoms with Crippen LogP contribution in [0.4, 0.5) is 0 Å². The maximum absolute atomic E-state index is 3.65. The van der Waals surface area contributed by atoms with Crippen molar-refractivity contribution >= 4 is 0 Å². The molecule has 0 heterocycles. The zero-order valence-corrected chi connectivity index (χ0v) is 10.9. The number of rotatable bonds is 4. The van der Waals surface area contributed by atoms with E-state index in [4.69, 9.17) is 0 Å². The Morgan fingerprint density at radius 2 is 2.06 bits per heavy atom. The van der Waals surface area contributed by atoms with E-state index in [0.29, 0.717) is 6.04 Å². The Balaban J connectivity index is 1.94. The molecule has 1 saturated carbocycles. The Kier molecular flexibility index (Phi) is 3.34. The maximum atomic E-state index is 3.65. The van der Waals surface area contributed by atoms with Crippen LogP contribution in [0.3, 0.4) is 0 Å². The lowest BCUT2D eigenvalue weighted by Gasteiger charge is -2.17. The SMILES string of the molecule is Cc1ccc(C(C)NCC2CC2C)c(C)c1. The molecule has 0 bridgehead atoms. The first-order valence-electron chi connectivity index (χ1n) is 6.38. The predicted molar refractivity (Wildman–Crippen MR) is 69.6 cm³/mol. The molecule has 16 heavy (non-hydrogen) atoms. The molecule has 0 radical (unpaired) electrons. The minimum Gasteiger partial charge on any atom is -0.310 e. The zero-order chi connectivity index (χ0) is 11.7. The van der Waals surface area contributed by atoms with E-state index in [0.717, 1.165) is 11.8 Å². The van der Waals surface area contributed by atoms with Gasteiger partial charge in [0.25, 0.3) is 0 Å². The van der Waals surface area contributed by atoms with E-state index in [1.165, 1.54) is 29.7 Å². The molecule has 1 fully saturated rings. The number of benzene rings is 1. The molecule has 1 heteroatoms. The Bertz CT molecular complexity index is 370. The van der Waals surface area contributed by atoms with Crippen LogP contribution in [0.1, 0.15) is 43.0 Å². The first-order valence-corrected chi connectivity index (χ1v) is 6.38. The summed E-state index contributed by atoms with van der Waals surface area (Å²) in [4.78, 5) is 0. The summed E-state index contributed by atoms with van der Waals surface area (Å²) in [6.07, 6.45) is 1.41. The van der Waals surface area contributed by atoms with Crippen LogP contribution in [0.5, 0.6) is 0 Å². The Morgan fingerprint density at radius 3 is 2.62 bits per heavy atom. The Labute approximate surface area is 99.3 Å². The first kappa shape index (κ1) is 11.7. The fourth-order valence-corrected chi connectivity index (χ4v) is 2.43. The fourth-order valence-electron chi connectivity index (χ4n) is 2.43. The smallest absolute Gasteiger partial charge is 0.0294 e. The second-order valence-electron chi connectivity index (χ2n) is 5.46. The van der Waals surface area contributed by atoms with Crippen molar-refractivity contribution in [3.8, 4) is 0 Å². The summed E-state index contributed by atoms with van der Waals surface area (Å²) in [5, 5.41) is 3.65. The Morgan fingerprint density at radius 1 is 1.38 bits per heavy atom. The van der Waals surface area contributed by atoms with Gasteiger partial charge >= 0.3 is 0 Å². The van der Waals surface area contributed by atoms with Gasteiger partial charge in [0.2, 0.25) is 0 Å². The first-order chi connectivity index (χ1) is 7.58. The summed E-state index contributed by atoms with van der Waals surface area (Å²) >= 11 is 0. The summed E-state index contributed by atoms with van der Waals surface area (Å²) < 4.78 is 0. The molecule has 0 spiro atoms. The number of nitrogens with one attached hydrogen (secondary N) is 1. The minimum absolute atomic E-state index is 0.480. The van der Waals surface area contributed by atoms with E-state index >= 15 is 0 Å². The topological polar surface area (TPSA) is 12.0 Å². The molecule has 0 aromatic heterocycles. The molecule has 3 unspecified atom stereocenters. The quantitative estimate of drug-likeness (QED) is 0.812. The third kappa shape index (κ3) is 2.65. The zero-order valence-electron chi connectivity index (χ0n) is 10.9. The second-order valence-corrected chi connectivity index (χ2v) is 5.46. The van der Waals surface area contributed by atoms with E-state index in [1.807, 2.05) is 0 Å². The number of hydrogen-bond acceptors (Lipinski definition) is 1. The van der Waals surface area contributed by atoms with E-state index in [2.05, 4.69) is 51.2 Å². The molecule has 3 atom stereocenters. The summed E-state index contributed by atoms with van der Waals surface area (Å²) in [5.74, 6) is 1.87. The predicted octanol–water partition coefficient (Wildman–Crippen LogP) is 3.61. The summed E-state index contributed by atoms with van der Waals surface area (Å²) in [6.45, 7) is 10.1. The molecule has 2 rings (SSSR count). The van der Waals surface area contributed by atoms with Gasteiger partial charge in [-0.2, -0.15) is 0 Å². The summed E-state index contributed by atoms with van der Waals surface area (Å²) in [5.41, 5.74) is 4.20. The minimum atomic E-state index is 0.480. The van der Waals surface area contributed by atoms with Crippen molar-refractivity contribution in [3.63, 3.8) is 0 Å². The number of aryl methyl sites for hydroxylation is 2. The highest BCUT2D eigenvalue weighted by molar-refractivity contribution is 5.32. The van der Waals surface area contributed by atoms with Gasteiger partial charge in [-0.05, 0) is 56.7 Å². The van der Waals surface area contributed by atoms with Gasteiger partial charge in [-0.3, -0.25) is 0 Å². The van der Waals surface area contributed by atoms with Gasteiger partial charge in [-0.1, -0.05) is 30.7 Å². The fraction of sp³-hybridized carbons (Fsp3) is 0.600.